The second-order valence-electron chi connectivity index (χ2n) is 9.66. The number of fused-ring (bicyclic) bond motifs is 4. The van der Waals surface area contributed by atoms with Gasteiger partial charge in [-0.3, -0.25) is 9.42 Å². The van der Waals surface area contributed by atoms with Gasteiger partial charge in [-0.25, -0.2) is 4.57 Å². The van der Waals surface area contributed by atoms with Crippen LogP contribution in [-0.2, 0) is 13.6 Å². The highest BCUT2D eigenvalue weighted by molar-refractivity contribution is 7.99. The van der Waals surface area contributed by atoms with Gasteiger partial charge in [0.1, 0.15) is 5.76 Å². The monoisotopic (exact) mass is 438 g/mol. The molecule has 4 fully saturated rings. The van der Waals surface area contributed by atoms with E-state index >= 15 is 0 Å². The van der Waals surface area contributed by atoms with Crippen LogP contribution in [0.2, 0.25) is 0 Å². The second kappa shape index (κ2) is 5.63. The number of benzene rings is 2. The molecule has 154 valence electrons. The Kier molecular flexibility index (Phi) is 3.40. The molecule has 7 rings (SSSR count). The van der Waals surface area contributed by atoms with Crippen LogP contribution in [0.3, 0.4) is 0 Å². The van der Waals surface area contributed by atoms with Crippen LogP contribution in [0.1, 0.15) is 37.3 Å². The molecular weight excluding hydrogens is 415 g/mol. The Hall–Kier alpha value is -1.52. The smallest absolute Gasteiger partial charge is 0.403 e. The first-order chi connectivity index (χ1) is 14.4. The van der Waals surface area contributed by atoms with Crippen molar-refractivity contribution in [3.05, 3.63) is 59.7 Å². The molecule has 4 nitrogen and oxygen atoms in total. The average molecular weight is 438 g/mol. The maximum Gasteiger partial charge on any atom is 0.527 e. The van der Waals surface area contributed by atoms with Crippen molar-refractivity contribution in [2.24, 2.45) is 28.6 Å². The highest BCUT2D eigenvalue weighted by Crippen LogP contribution is 2.99. The fourth-order valence-corrected chi connectivity index (χ4v) is 9.71. The molecule has 0 amide bonds. The number of hydrogen-bond donors (Lipinski definition) is 1. The Morgan fingerprint density at radius 2 is 1.87 bits per heavy atom. The van der Waals surface area contributed by atoms with Crippen LogP contribution in [-0.4, -0.2) is 11.0 Å². The van der Waals surface area contributed by atoms with Gasteiger partial charge in [-0.2, -0.15) is 0 Å². The topological polar surface area (TPSA) is 55.8 Å². The van der Waals surface area contributed by atoms with Crippen molar-refractivity contribution in [1.29, 1.82) is 0 Å². The van der Waals surface area contributed by atoms with E-state index < -0.39 is 7.82 Å². The van der Waals surface area contributed by atoms with E-state index in [-0.39, 0.29) is 6.10 Å². The maximum absolute atomic E-state index is 13.1. The predicted octanol–water partition coefficient (Wildman–Crippen LogP) is 6.22. The zero-order valence-electron chi connectivity index (χ0n) is 16.7. The molecule has 2 aromatic carbocycles. The molecule has 5 aliphatic rings. The first-order valence-corrected chi connectivity index (χ1v) is 13.0. The van der Waals surface area contributed by atoms with E-state index in [9.17, 15) is 9.46 Å². The summed E-state index contributed by atoms with van der Waals surface area (Å²) in [5, 5.41) is 0. The van der Waals surface area contributed by atoms with Gasteiger partial charge in [-0.05, 0) is 71.6 Å². The molecule has 0 saturated heterocycles. The van der Waals surface area contributed by atoms with Crippen LogP contribution in [0.15, 0.2) is 58.3 Å². The van der Waals surface area contributed by atoms with Gasteiger partial charge in [0.2, 0.25) is 0 Å². The molecule has 7 atom stereocenters. The van der Waals surface area contributed by atoms with Crippen molar-refractivity contribution in [1.82, 2.24) is 0 Å². The Labute approximate surface area is 180 Å². The molecule has 4 saturated carbocycles. The largest absolute Gasteiger partial charge is 0.527 e. The quantitative estimate of drug-likeness (QED) is 0.575. The first kappa shape index (κ1) is 18.1. The lowest BCUT2D eigenvalue weighted by Gasteiger charge is -2.25. The summed E-state index contributed by atoms with van der Waals surface area (Å²) in [6.07, 6.45) is 5.18. The zero-order valence-corrected chi connectivity index (χ0v) is 18.4. The molecule has 1 N–H and O–H groups in total. The van der Waals surface area contributed by atoms with Gasteiger partial charge < -0.3 is 4.52 Å². The summed E-state index contributed by atoms with van der Waals surface area (Å²) in [5.74, 6) is 2.38. The van der Waals surface area contributed by atoms with Gasteiger partial charge in [0.25, 0.3) is 0 Å². The normalized spacial score (nSPS) is 40.8. The van der Waals surface area contributed by atoms with Gasteiger partial charge in [-0.15, -0.1) is 0 Å². The fourth-order valence-electron chi connectivity index (χ4n) is 7.67. The van der Waals surface area contributed by atoms with E-state index in [1.807, 2.05) is 48.5 Å². The summed E-state index contributed by atoms with van der Waals surface area (Å²) >= 11 is 1.64. The van der Waals surface area contributed by atoms with Crippen molar-refractivity contribution in [2.75, 3.05) is 0 Å². The minimum atomic E-state index is -4.25. The Balaban J connectivity index is 1.19. The summed E-state index contributed by atoms with van der Waals surface area (Å²) < 4.78 is 24.8. The molecule has 0 bridgehead atoms. The third kappa shape index (κ3) is 2.15. The van der Waals surface area contributed by atoms with Gasteiger partial charge in [0.15, 0.2) is 0 Å². The molecule has 1 spiro atoms. The van der Waals surface area contributed by atoms with Crippen LogP contribution < -0.4 is 0 Å². The van der Waals surface area contributed by atoms with Crippen LogP contribution in [0.4, 0.5) is 0 Å². The summed E-state index contributed by atoms with van der Waals surface area (Å²) in [6.45, 7) is 2.36. The third-order valence-corrected chi connectivity index (χ3v) is 10.7. The molecule has 4 aliphatic carbocycles. The Morgan fingerprint density at radius 1 is 1.10 bits per heavy atom. The number of hydrogen-bond acceptors (Lipinski definition) is 4. The van der Waals surface area contributed by atoms with Gasteiger partial charge in [0.05, 0.1) is 6.10 Å². The lowest BCUT2D eigenvalue weighted by Crippen LogP contribution is -2.21. The van der Waals surface area contributed by atoms with Crippen molar-refractivity contribution in [2.45, 2.75) is 42.1 Å². The minimum Gasteiger partial charge on any atom is -0.403 e. The van der Waals surface area contributed by atoms with E-state index in [4.69, 9.17) is 9.05 Å². The Bertz CT molecular complexity index is 1180. The third-order valence-electron chi connectivity index (χ3n) is 8.60. The van der Waals surface area contributed by atoms with Gasteiger partial charge in [-0.1, -0.05) is 55.1 Å². The summed E-state index contributed by atoms with van der Waals surface area (Å²) in [7, 11) is -4.25. The number of phosphoric ester groups is 1. The molecule has 2 aromatic rings. The molecule has 1 aliphatic heterocycles. The SMILES string of the molecule is C[C@@]12CC[C@H]3C4C[C@@H](OP(=O)(O)OC5=Cc6ccccc6Sc6ccccc65)C1C432. The molecule has 30 heavy (non-hydrogen) atoms. The second-order valence-corrected chi connectivity index (χ2v) is 12.1. The van der Waals surface area contributed by atoms with Crippen molar-refractivity contribution in [3.63, 3.8) is 0 Å². The van der Waals surface area contributed by atoms with Crippen LogP contribution in [0.5, 0.6) is 0 Å². The van der Waals surface area contributed by atoms with E-state index in [0.717, 1.165) is 33.3 Å². The van der Waals surface area contributed by atoms with Gasteiger partial charge in [0, 0.05) is 15.4 Å². The highest BCUT2D eigenvalue weighted by Gasteiger charge is 2.96. The first-order valence-electron chi connectivity index (χ1n) is 10.7. The lowest BCUT2D eigenvalue weighted by atomic mass is 9.90. The van der Waals surface area contributed by atoms with E-state index in [1.54, 1.807) is 11.8 Å². The molecular formula is C24H23O4PS. The highest BCUT2D eigenvalue weighted by atomic mass is 32.2. The minimum absolute atomic E-state index is 0.157. The molecule has 1 heterocycles. The van der Waals surface area contributed by atoms with Crippen molar-refractivity contribution >= 4 is 31.4 Å². The molecule has 6 heteroatoms. The van der Waals surface area contributed by atoms with Gasteiger partial charge >= 0.3 is 7.82 Å². The average Bonchev–Trinajstić information content (AvgIpc) is 3.41. The Morgan fingerprint density at radius 3 is 2.67 bits per heavy atom. The predicted molar refractivity (Wildman–Crippen MR) is 116 cm³/mol. The van der Waals surface area contributed by atoms with Crippen LogP contribution in [0.25, 0.3) is 11.8 Å². The summed E-state index contributed by atoms with van der Waals surface area (Å²) in [4.78, 5) is 12.8. The summed E-state index contributed by atoms with van der Waals surface area (Å²) in [5.41, 5.74) is 2.55. The standard InChI is InChI=1S/C24H23O4PS/c1-23-11-10-16-17-13-19(22(23)24(16,17)23)28-29(25,26)27-18-12-14-6-2-4-8-20(14)30-21-9-5-3-7-15(18)21/h2-9,12,16-17,19,22H,10-11,13H2,1H3,(H,25,26)/t16-,17?,19+,22?,23+,24?/m0/s1. The van der Waals surface area contributed by atoms with Crippen molar-refractivity contribution in [3.8, 4) is 0 Å². The van der Waals surface area contributed by atoms with Crippen LogP contribution in [0, 0.1) is 28.6 Å². The maximum atomic E-state index is 13.1. The van der Waals surface area contributed by atoms with Crippen LogP contribution >= 0.6 is 19.6 Å². The van der Waals surface area contributed by atoms with E-state index in [2.05, 4.69) is 13.0 Å². The molecule has 0 aromatic heterocycles. The van der Waals surface area contributed by atoms with E-state index in [1.165, 1.54) is 12.8 Å². The number of rotatable bonds is 4. The summed E-state index contributed by atoms with van der Waals surface area (Å²) in [6, 6.07) is 15.9. The fraction of sp³-hybridized carbons (Fsp3) is 0.417. The number of phosphoric acid groups is 1. The molecule has 4 unspecified atom stereocenters. The van der Waals surface area contributed by atoms with E-state index in [0.29, 0.717) is 28.4 Å². The zero-order chi connectivity index (χ0) is 20.3. The lowest BCUT2D eigenvalue weighted by molar-refractivity contribution is 0.0919. The molecule has 0 radical (unpaired) electrons. The van der Waals surface area contributed by atoms with Crippen molar-refractivity contribution < 1.29 is 18.5 Å².